The SMILES string of the molecule is CC(=O)OCC1OC(n2cnc(N)nc2=O)C(OC(C)=O)C1OC(C)=O. The van der Waals surface area contributed by atoms with Crippen molar-refractivity contribution in [1.82, 2.24) is 14.5 Å². The first-order valence-corrected chi connectivity index (χ1v) is 7.53. The lowest BCUT2D eigenvalue weighted by Gasteiger charge is -2.23. The molecular weight excluding hydrogens is 352 g/mol. The highest BCUT2D eigenvalue weighted by Crippen LogP contribution is 2.33. The van der Waals surface area contributed by atoms with Crippen molar-refractivity contribution in [2.45, 2.75) is 45.3 Å². The van der Waals surface area contributed by atoms with E-state index in [-0.39, 0.29) is 12.6 Å². The Hall–Kier alpha value is -3.02. The van der Waals surface area contributed by atoms with E-state index in [0.29, 0.717) is 0 Å². The van der Waals surface area contributed by atoms with Gasteiger partial charge in [-0.05, 0) is 0 Å². The number of carbonyl (C=O) groups excluding carboxylic acids is 3. The summed E-state index contributed by atoms with van der Waals surface area (Å²) < 4.78 is 21.8. The molecule has 2 heterocycles. The summed E-state index contributed by atoms with van der Waals surface area (Å²) >= 11 is 0. The second kappa shape index (κ2) is 7.91. The fraction of sp³-hybridized carbons (Fsp3) is 0.571. The van der Waals surface area contributed by atoms with Crippen molar-refractivity contribution < 1.29 is 33.3 Å². The Morgan fingerprint density at radius 3 is 2.31 bits per heavy atom. The van der Waals surface area contributed by atoms with Gasteiger partial charge in [0.25, 0.3) is 0 Å². The van der Waals surface area contributed by atoms with E-state index in [2.05, 4.69) is 9.97 Å². The molecule has 1 aliphatic rings. The number of ether oxygens (including phenoxy) is 4. The number of hydrogen-bond acceptors (Lipinski definition) is 11. The molecule has 0 aromatic carbocycles. The summed E-state index contributed by atoms with van der Waals surface area (Å²) in [7, 11) is 0. The first-order chi connectivity index (χ1) is 12.2. The topological polar surface area (TPSA) is 162 Å². The number of carbonyl (C=O) groups is 3. The van der Waals surface area contributed by atoms with Crippen LogP contribution in [0.25, 0.3) is 0 Å². The lowest BCUT2D eigenvalue weighted by Crippen LogP contribution is -2.42. The maximum Gasteiger partial charge on any atom is 0.354 e. The van der Waals surface area contributed by atoms with Crippen LogP contribution in [0.3, 0.4) is 0 Å². The smallest absolute Gasteiger partial charge is 0.354 e. The third kappa shape index (κ3) is 4.53. The van der Waals surface area contributed by atoms with Crippen LogP contribution in [-0.2, 0) is 33.3 Å². The molecule has 4 atom stereocenters. The average Bonchev–Trinajstić information content (AvgIpc) is 2.82. The van der Waals surface area contributed by atoms with Gasteiger partial charge in [0.05, 0.1) is 0 Å². The predicted molar refractivity (Wildman–Crippen MR) is 82.4 cm³/mol. The molecule has 1 aromatic heterocycles. The average molecular weight is 370 g/mol. The van der Waals surface area contributed by atoms with Crippen LogP contribution in [0.15, 0.2) is 11.1 Å². The highest BCUT2D eigenvalue weighted by atomic mass is 16.7. The highest BCUT2D eigenvalue weighted by Gasteiger charge is 2.51. The van der Waals surface area contributed by atoms with Crippen LogP contribution in [-0.4, -0.2) is 57.4 Å². The van der Waals surface area contributed by atoms with E-state index < -0.39 is 48.1 Å². The number of hydrogen-bond donors (Lipinski definition) is 1. The van der Waals surface area contributed by atoms with Crippen molar-refractivity contribution in [1.29, 1.82) is 0 Å². The van der Waals surface area contributed by atoms with Crippen LogP contribution >= 0.6 is 0 Å². The fourth-order valence-electron chi connectivity index (χ4n) is 2.45. The van der Waals surface area contributed by atoms with Crippen LogP contribution < -0.4 is 11.4 Å². The van der Waals surface area contributed by atoms with E-state index in [9.17, 15) is 19.2 Å². The molecule has 142 valence electrons. The summed E-state index contributed by atoms with van der Waals surface area (Å²) in [5, 5.41) is 0. The van der Waals surface area contributed by atoms with E-state index in [0.717, 1.165) is 24.7 Å². The largest absolute Gasteiger partial charge is 0.463 e. The number of rotatable bonds is 5. The van der Waals surface area contributed by atoms with E-state index in [1.165, 1.54) is 6.92 Å². The molecule has 2 rings (SSSR count). The molecule has 26 heavy (non-hydrogen) atoms. The zero-order chi connectivity index (χ0) is 19.4. The molecule has 0 spiro atoms. The Morgan fingerprint density at radius 2 is 1.77 bits per heavy atom. The molecular formula is C14H18N4O8. The molecule has 0 bridgehead atoms. The van der Waals surface area contributed by atoms with E-state index in [1.54, 1.807) is 0 Å². The number of nitrogens with two attached hydrogens (primary N) is 1. The van der Waals surface area contributed by atoms with Crippen LogP contribution in [0.2, 0.25) is 0 Å². The summed E-state index contributed by atoms with van der Waals surface area (Å²) in [6.07, 6.45) is -3.45. The summed E-state index contributed by atoms with van der Waals surface area (Å²) in [6.45, 7) is 3.20. The number of anilines is 1. The predicted octanol–water partition coefficient (Wildman–Crippen LogP) is -1.46. The second-order valence-corrected chi connectivity index (χ2v) is 5.42. The lowest BCUT2D eigenvalue weighted by molar-refractivity contribution is -0.166. The minimum atomic E-state index is -1.21. The first-order valence-electron chi connectivity index (χ1n) is 7.53. The normalized spacial score (nSPS) is 24.7. The summed E-state index contributed by atoms with van der Waals surface area (Å²) in [6, 6.07) is 0. The van der Waals surface area contributed by atoms with Gasteiger partial charge in [0, 0.05) is 20.8 Å². The molecule has 12 nitrogen and oxygen atoms in total. The highest BCUT2D eigenvalue weighted by molar-refractivity contribution is 5.67. The Bertz CT molecular complexity index is 764. The van der Waals surface area contributed by atoms with Crippen molar-refractivity contribution in [2.24, 2.45) is 0 Å². The number of aromatic nitrogens is 3. The zero-order valence-electron chi connectivity index (χ0n) is 14.3. The molecule has 0 radical (unpaired) electrons. The van der Waals surface area contributed by atoms with Gasteiger partial charge in [-0.25, -0.2) is 9.78 Å². The minimum Gasteiger partial charge on any atom is -0.463 e. The molecule has 2 N–H and O–H groups in total. The Labute approximate surface area is 147 Å². The van der Waals surface area contributed by atoms with Crippen LogP contribution in [0.5, 0.6) is 0 Å². The zero-order valence-corrected chi connectivity index (χ0v) is 14.3. The van der Waals surface area contributed by atoms with Gasteiger partial charge in [-0.15, -0.1) is 0 Å². The fourth-order valence-corrected chi connectivity index (χ4v) is 2.45. The van der Waals surface area contributed by atoms with E-state index in [4.69, 9.17) is 24.7 Å². The molecule has 12 heteroatoms. The van der Waals surface area contributed by atoms with Crippen molar-refractivity contribution >= 4 is 23.9 Å². The second-order valence-electron chi connectivity index (χ2n) is 5.42. The van der Waals surface area contributed by atoms with Gasteiger partial charge >= 0.3 is 23.6 Å². The van der Waals surface area contributed by atoms with Gasteiger partial charge in [0.2, 0.25) is 5.95 Å². The number of esters is 3. The maximum absolute atomic E-state index is 12.1. The van der Waals surface area contributed by atoms with Gasteiger partial charge in [-0.2, -0.15) is 4.98 Å². The summed E-state index contributed by atoms with van der Waals surface area (Å²) in [5.41, 5.74) is 4.54. The van der Waals surface area contributed by atoms with Crippen LogP contribution in [0.1, 0.15) is 27.0 Å². The monoisotopic (exact) mass is 370 g/mol. The Morgan fingerprint density at radius 1 is 1.15 bits per heavy atom. The van der Waals surface area contributed by atoms with E-state index in [1.807, 2.05) is 0 Å². The lowest BCUT2D eigenvalue weighted by atomic mass is 10.1. The molecule has 1 saturated heterocycles. The minimum absolute atomic E-state index is 0.249. The summed E-state index contributed by atoms with van der Waals surface area (Å²) in [4.78, 5) is 53.2. The first kappa shape index (κ1) is 19.3. The Balaban J connectivity index is 2.40. The van der Waals surface area contributed by atoms with Crippen molar-refractivity contribution in [3.05, 3.63) is 16.8 Å². The molecule has 1 fully saturated rings. The van der Waals surface area contributed by atoms with Crippen LogP contribution in [0, 0.1) is 0 Å². The standard InChI is InChI=1S/C14H18N4O8/c1-6(19)23-4-9-10(24-7(2)20)11(25-8(3)21)12(26-9)18-5-16-13(15)17-14(18)22/h5,9-12H,4H2,1-3H3,(H2,15,17,22). The number of nitrogen functional groups attached to an aromatic ring is 1. The summed E-state index contributed by atoms with van der Waals surface area (Å²) in [5.74, 6) is -2.21. The molecule has 0 saturated carbocycles. The van der Waals surface area contributed by atoms with Crippen molar-refractivity contribution in [2.75, 3.05) is 12.3 Å². The Kier molecular flexibility index (Phi) is 5.87. The molecule has 0 aliphatic carbocycles. The van der Waals surface area contributed by atoms with Gasteiger partial charge in [0.15, 0.2) is 18.4 Å². The van der Waals surface area contributed by atoms with Gasteiger partial charge in [0.1, 0.15) is 19.0 Å². The quantitative estimate of drug-likeness (QED) is 0.476. The molecule has 1 aliphatic heterocycles. The van der Waals surface area contributed by atoms with Crippen molar-refractivity contribution in [3.63, 3.8) is 0 Å². The molecule has 0 amide bonds. The third-order valence-corrected chi connectivity index (χ3v) is 3.36. The maximum atomic E-state index is 12.1. The molecule has 1 aromatic rings. The van der Waals surface area contributed by atoms with Gasteiger partial charge < -0.3 is 24.7 Å². The number of nitrogens with zero attached hydrogens (tertiary/aromatic N) is 3. The van der Waals surface area contributed by atoms with Gasteiger partial charge in [-0.1, -0.05) is 0 Å². The third-order valence-electron chi connectivity index (χ3n) is 3.36. The van der Waals surface area contributed by atoms with Gasteiger partial charge in [-0.3, -0.25) is 19.0 Å². The molecule has 4 unspecified atom stereocenters. The van der Waals surface area contributed by atoms with Crippen LogP contribution in [0.4, 0.5) is 5.95 Å². The van der Waals surface area contributed by atoms with E-state index >= 15 is 0 Å². The van der Waals surface area contributed by atoms with Crippen molar-refractivity contribution in [3.8, 4) is 0 Å².